The summed E-state index contributed by atoms with van der Waals surface area (Å²) in [6.07, 6.45) is 0.775. The highest BCUT2D eigenvalue weighted by molar-refractivity contribution is 6.35. The molecule has 5 nitrogen and oxygen atoms in total. The maximum absolute atomic E-state index is 12.6. The zero-order valence-corrected chi connectivity index (χ0v) is 16.4. The molecular formula is C20H20Cl2N2O3. The van der Waals surface area contributed by atoms with Crippen LogP contribution in [0.1, 0.15) is 18.9 Å². The number of hydrogen-bond donors (Lipinski definition) is 1. The van der Waals surface area contributed by atoms with Crippen LogP contribution < -0.4 is 15.0 Å². The van der Waals surface area contributed by atoms with Gasteiger partial charge in [0, 0.05) is 10.0 Å². The number of nitrogens with zero attached hydrogens (tertiary/aromatic N) is 1. The Kier molecular flexibility index (Phi) is 6.37. The van der Waals surface area contributed by atoms with E-state index in [1.807, 2.05) is 13.0 Å². The van der Waals surface area contributed by atoms with Gasteiger partial charge in [0.05, 0.1) is 24.8 Å². The minimum absolute atomic E-state index is 0.139. The Morgan fingerprint density at radius 3 is 2.56 bits per heavy atom. The van der Waals surface area contributed by atoms with Gasteiger partial charge in [-0.15, -0.1) is 0 Å². The van der Waals surface area contributed by atoms with Crippen LogP contribution in [0.4, 0.5) is 5.69 Å². The highest BCUT2D eigenvalue weighted by Gasteiger charge is 2.39. The molecule has 1 N–H and O–H groups in total. The van der Waals surface area contributed by atoms with Gasteiger partial charge in [0.15, 0.2) is 0 Å². The molecule has 27 heavy (non-hydrogen) atoms. The maximum Gasteiger partial charge on any atom is 0.251 e. The monoisotopic (exact) mass is 406 g/mol. The van der Waals surface area contributed by atoms with Gasteiger partial charge in [-0.1, -0.05) is 29.3 Å². The van der Waals surface area contributed by atoms with Gasteiger partial charge in [0.2, 0.25) is 5.91 Å². The summed E-state index contributed by atoms with van der Waals surface area (Å²) in [6, 6.07) is 11.7. The largest absolute Gasteiger partial charge is 0.494 e. The van der Waals surface area contributed by atoms with E-state index < -0.39 is 6.04 Å². The maximum atomic E-state index is 12.6. The lowest BCUT2D eigenvalue weighted by atomic mass is 10.1. The summed E-state index contributed by atoms with van der Waals surface area (Å²) in [5, 5.41) is 4.33. The Bertz CT molecular complexity index is 840. The van der Waals surface area contributed by atoms with Crippen molar-refractivity contribution in [2.75, 3.05) is 18.1 Å². The van der Waals surface area contributed by atoms with Gasteiger partial charge in [-0.2, -0.15) is 0 Å². The number of carbonyl (C=O) groups is 2. The highest BCUT2D eigenvalue weighted by atomic mass is 35.5. The molecule has 0 aliphatic carbocycles. The summed E-state index contributed by atoms with van der Waals surface area (Å²) in [5.74, 6) is 0.243. The quantitative estimate of drug-likeness (QED) is 0.709. The van der Waals surface area contributed by atoms with Crippen LogP contribution in [0.15, 0.2) is 42.5 Å². The second-order valence-electron chi connectivity index (χ2n) is 6.19. The second kappa shape index (κ2) is 8.74. The molecule has 2 aromatic carbocycles. The second-order valence-corrected chi connectivity index (χ2v) is 7.03. The topological polar surface area (TPSA) is 58.6 Å². The van der Waals surface area contributed by atoms with Crippen molar-refractivity contribution in [1.29, 1.82) is 0 Å². The zero-order chi connectivity index (χ0) is 19.4. The molecule has 7 heteroatoms. The molecule has 1 saturated heterocycles. The summed E-state index contributed by atoms with van der Waals surface area (Å²) in [4.78, 5) is 26.2. The van der Waals surface area contributed by atoms with Crippen LogP contribution in [0.25, 0.3) is 0 Å². The number of amides is 2. The van der Waals surface area contributed by atoms with E-state index in [0.29, 0.717) is 41.1 Å². The van der Waals surface area contributed by atoms with Crippen molar-refractivity contribution in [3.8, 4) is 5.75 Å². The Labute approximate surface area is 168 Å². The zero-order valence-electron chi connectivity index (χ0n) is 14.9. The molecule has 1 unspecified atom stereocenters. The van der Waals surface area contributed by atoms with E-state index in [9.17, 15) is 9.59 Å². The fourth-order valence-electron chi connectivity index (χ4n) is 3.03. The molecule has 142 valence electrons. The first-order valence-corrected chi connectivity index (χ1v) is 9.52. The van der Waals surface area contributed by atoms with Gasteiger partial charge in [-0.25, -0.2) is 4.90 Å². The fraction of sp³-hybridized carbons (Fsp3) is 0.300. The molecule has 3 rings (SSSR count). The summed E-state index contributed by atoms with van der Waals surface area (Å²) in [5.41, 5.74) is 1.49. The molecule has 0 radical (unpaired) electrons. The number of anilines is 1. The van der Waals surface area contributed by atoms with E-state index in [0.717, 1.165) is 5.56 Å². The number of halogens is 2. The predicted molar refractivity (Wildman–Crippen MR) is 107 cm³/mol. The average molecular weight is 407 g/mol. The van der Waals surface area contributed by atoms with Crippen LogP contribution in [0.2, 0.25) is 10.0 Å². The molecule has 1 aliphatic heterocycles. The number of rotatable bonds is 7. The molecule has 1 atom stereocenters. The van der Waals surface area contributed by atoms with E-state index in [1.165, 1.54) is 4.90 Å². The third kappa shape index (κ3) is 4.61. The van der Waals surface area contributed by atoms with Crippen molar-refractivity contribution in [1.82, 2.24) is 5.32 Å². The molecule has 0 bridgehead atoms. The predicted octanol–water partition coefficient (Wildman–Crippen LogP) is 3.86. The number of hydrogen-bond acceptors (Lipinski definition) is 4. The third-order valence-corrected chi connectivity index (χ3v) is 4.94. The van der Waals surface area contributed by atoms with Crippen molar-refractivity contribution >= 4 is 40.7 Å². The molecule has 2 aromatic rings. The van der Waals surface area contributed by atoms with Crippen LogP contribution in [0.5, 0.6) is 5.75 Å². The van der Waals surface area contributed by atoms with Gasteiger partial charge in [0.1, 0.15) is 5.75 Å². The molecule has 1 fully saturated rings. The van der Waals surface area contributed by atoms with Crippen LogP contribution in [-0.2, 0) is 16.0 Å². The average Bonchev–Trinajstić information content (AvgIpc) is 2.92. The van der Waals surface area contributed by atoms with Crippen LogP contribution in [0, 0.1) is 0 Å². The lowest BCUT2D eigenvalue weighted by Crippen LogP contribution is -2.39. The first-order valence-electron chi connectivity index (χ1n) is 8.76. The van der Waals surface area contributed by atoms with Gasteiger partial charge in [-0.05, 0) is 61.9 Å². The van der Waals surface area contributed by atoms with Crippen molar-refractivity contribution in [3.05, 3.63) is 58.1 Å². The molecule has 0 saturated carbocycles. The van der Waals surface area contributed by atoms with Crippen molar-refractivity contribution in [2.24, 2.45) is 0 Å². The number of nitrogens with one attached hydrogen (secondary N) is 1. The summed E-state index contributed by atoms with van der Waals surface area (Å²) >= 11 is 12.1. The van der Waals surface area contributed by atoms with Gasteiger partial charge >= 0.3 is 0 Å². The molecular weight excluding hydrogens is 387 g/mol. The van der Waals surface area contributed by atoms with Crippen molar-refractivity contribution in [2.45, 2.75) is 25.8 Å². The standard InChI is InChI=1S/C20H20Cl2N2O3/c1-2-27-16-7-5-15(6-8-16)24-19(25)12-18(20(24)26)23-10-9-13-3-4-14(21)11-17(13)22/h3-8,11,18,23H,2,9-10,12H2,1H3. The first-order chi connectivity index (χ1) is 13.0. The summed E-state index contributed by atoms with van der Waals surface area (Å²) in [6.45, 7) is 2.99. The minimum atomic E-state index is -0.532. The highest BCUT2D eigenvalue weighted by Crippen LogP contribution is 2.25. The number of carbonyl (C=O) groups excluding carboxylic acids is 2. The van der Waals surface area contributed by atoms with Crippen molar-refractivity contribution < 1.29 is 14.3 Å². The molecule has 1 aliphatic rings. The van der Waals surface area contributed by atoms with E-state index in [4.69, 9.17) is 27.9 Å². The molecule has 0 spiro atoms. The first kappa shape index (κ1) is 19.7. The van der Waals surface area contributed by atoms with Crippen LogP contribution >= 0.6 is 23.2 Å². The van der Waals surface area contributed by atoms with Crippen LogP contribution in [-0.4, -0.2) is 31.0 Å². The molecule has 0 aromatic heterocycles. The third-order valence-electron chi connectivity index (χ3n) is 4.35. The smallest absolute Gasteiger partial charge is 0.251 e. The SMILES string of the molecule is CCOc1ccc(N2C(=O)CC(NCCc3ccc(Cl)cc3Cl)C2=O)cc1. The van der Waals surface area contributed by atoms with Gasteiger partial charge in [0.25, 0.3) is 5.91 Å². The van der Waals surface area contributed by atoms with Crippen LogP contribution in [0.3, 0.4) is 0 Å². The van der Waals surface area contributed by atoms with E-state index in [-0.39, 0.29) is 18.2 Å². The minimum Gasteiger partial charge on any atom is -0.494 e. The number of ether oxygens (including phenoxy) is 1. The number of imide groups is 1. The van der Waals surface area contributed by atoms with E-state index in [2.05, 4.69) is 5.32 Å². The Morgan fingerprint density at radius 1 is 1.15 bits per heavy atom. The summed E-state index contributed by atoms with van der Waals surface area (Å²) < 4.78 is 5.39. The lowest BCUT2D eigenvalue weighted by Gasteiger charge is -2.16. The molecule has 1 heterocycles. The Balaban J connectivity index is 1.60. The number of benzene rings is 2. The Morgan fingerprint density at radius 2 is 1.89 bits per heavy atom. The van der Waals surface area contributed by atoms with E-state index >= 15 is 0 Å². The van der Waals surface area contributed by atoms with Crippen molar-refractivity contribution in [3.63, 3.8) is 0 Å². The lowest BCUT2D eigenvalue weighted by molar-refractivity contribution is -0.121. The van der Waals surface area contributed by atoms with E-state index in [1.54, 1.807) is 36.4 Å². The normalized spacial score (nSPS) is 16.9. The van der Waals surface area contributed by atoms with Gasteiger partial charge in [-0.3, -0.25) is 9.59 Å². The fourth-order valence-corrected chi connectivity index (χ4v) is 3.53. The summed E-state index contributed by atoms with van der Waals surface area (Å²) in [7, 11) is 0. The Hall–Kier alpha value is -2.08. The van der Waals surface area contributed by atoms with Gasteiger partial charge < -0.3 is 10.1 Å². The molecule has 2 amide bonds.